The number of anilines is 1. The van der Waals surface area contributed by atoms with Crippen molar-refractivity contribution in [1.29, 1.82) is 5.26 Å². The van der Waals surface area contributed by atoms with Crippen LogP contribution >= 0.6 is 0 Å². The van der Waals surface area contributed by atoms with E-state index in [2.05, 4.69) is 11.4 Å². The van der Waals surface area contributed by atoms with E-state index in [1.54, 1.807) is 20.3 Å². The van der Waals surface area contributed by atoms with E-state index in [1.807, 2.05) is 42.5 Å². The van der Waals surface area contributed by atoms with Crippen molar-refractivity contribution in [3.8, 4) is 17.6 Å². The van der Waals surface area contributed by atoms with Gasteiger partial charge in [-0.1, -0.05) is 24.3 Å². The lowest BCUT2D eigenvalue weighted by Crippen LogP contribution is -2.08. The van der Waals surface area contributed by atoms with Crippen LogP contribution in [-0.2, 0) is 0 Å². The fraction of sp³-hybridized carbons (Fsp3) is 0.188. The fourth-order valence-corrected chi connectivity index (χ4v) is 1.92. The van der Waals surface area contributed by atoms with Crippen molar-refractivity contribution in [3.05, 3.63) is 54.1 Å². The molecule has 0 aliphatic rings. The molecule has 4 nitrogen and oxygen atoms in total. The van der Waals surface area contributed by atoms with Gasteiger partial charge in [-0.15, -0.1) is 0 Å². The normalized spacial score (nSPS) is 11.2. The van der Waals surface area contributed by atoms with Gasteiger partial charge >= 0.3 is 0 Å². The van der Waals surface area contributed by atoms with Crippen LogP contribution in [0.5, 0.6) is 11.5 Å². The Bertz CT molecular complexity index is 606. The van der Waals surface area contributed by atoms with Crippen LogP contribution < -0.4 is 14.8 Å². The third-order valence-electron chi connectivity index (χ3n) is 2.95. The summed E-state index contributed by atoms with van der Waals surface area (Å²) in [5, 5.41) is 12.5. The van der Waals surface area contributed by atoms with E-state index in [1.165, 1.54) is 0 Å². The number of ether oxygens (including phenoxy) is 2. The molecule has 0 amide bonds. The number of nitriles is 1. The van der Waals surface area contributed by atoms with Gasteiger partial charge in [-0.05, 0) is 29.8 Å². The predicted molar refractivity (Wildman–Crippen MR) is 78.0 cm³/mol. The maximum Gasteiger partial charge on any atom is 0.161 e. The van der Waals surface area contributed by atoms with Gasteiger partial charge in [0.05, 0.1) is 20.3 Å². The Kier molecular flexibility index (Phi) is 4.46. The second-order valence-electron chi connectivity index (χ2n) is 4.19. The summed E-state index contributed by atoms with van der Waals surface area (Å²) in [5.74, 6) is 1.26. The largest absolute Gasteiger partial charge is 0.493 e. The molecule has 0 radical (unpaired) electrons. The number of benzene rings is 2. The number of hydrogen-bond acceptors (Lipinski definition) is 4. The van der Waals surface area contributed by atoms with Gasteiger partial charge in [0.2, 0.25) is 0 Å². The third kappa shape index (κ3) is 3.01. The minimum atomic E-state index is -0.447. The summed E-state index contributed by atoms with van der Waals surface area (Å²) in [7, 11) is 3.16. The second kappa shape index (κ2) is 6.48. The maximum absolute atomic E-state index is 9.35. The molecule has 0 aromatic heterocycles. The first kappa shape index (κ1) is 13.8. The topological polar surface area (TPSA) is 54.3 Å². The van der Waals surface area contributed by atoms with Gasteiger partial charge in [-0.25, -0.2) is 0 Å². The quantitative estimate of drug-likeness (QED) is 0.903. The van der Waals surface area contributed by atoms with Crippen molar-refractivity contribution in [3.63, 3.8) is 0 Å². The van der Waals surface area contributed by atoms with E-state index >= 15 is 0 Å². The molecule has 0 bridgehead atoms. The molecule has 0 aliphatic carbocycles. The third-order valence-corrected chi connectivity index (χ3v) is 2.95. The lowest BCUT2D eigenvalue weighted by atomic mass is 10.1. The molecule has 1 atom stereocenters. The average molecular weight is 268 g/mol. The Hall–Kier alpha value is -2.67. The molecule has 2 rings (SSSR count). The fourth-order valence-electron chi connectivity index (χ4n) is 1.92. The summed E-state index contributed by atoms with van der Waals surface area (Å²) in [5.41, 5.74) is 1.72. The zero-order chi connectivity index (χ0) is 14.4. The molecular formula is C16H16N2O2. The molecule has 2 aromatic rings. The Labute approximate surface area is 118 Å². The van der Waals surface area contributed by atoms with E-state index in [-0.39, 0.29) is 0 Å². The number of nitrogens with one attached hydrogen (secondary N) is 1. The summed E-state index contributed by atoms with van der Waals surface area (Å²) in [4.78, 5) is 0. The molecule has 102 valence electrons. The van der Waals surface area contributed by atoms with Crippen molar-refractivity contribution in [1.82, 2.24) is 0 Å². The van der Waals surface area contributed by atoms with Crippen LogP contribution in [0.2, 0.25) is 0 Å². The van der Waals surface area contributed by atoms with Gasteiger partial charge in [-0.3, -0.25) is 0 Å². The lowest BCUT2D eigenvalue weighted by molar-refractivity contribution is 0.354. The highest BCUT2D eigenvalue weighted by atomic mass is 16.5. The summed E-state index contributed by atoms with van der Waals surface area (Å²) in [6.07, 6.45) is 0. The monoisotopic (exact) mass is 268 g/mol. The SMILES string of the molecule is COc1ccc([C@@H](C#N)Nc2ccccc2)cc1OC. The van der Waals surface area contributed by atoms with Crippen LogP contribution in [0.25, 0.3) is 0 Å². The zero-order valence-electron chi connectivity index (χ0n) is 11.5. The average Bonchev–Trinajstić information content (AvgIpc) is 2.53. The van der Waals surface area contributed by atoms with Crippen LogP contribution in [0, 0.1) is 11.3 Å². The van der Waals surface area contributed by atoms with Crippen LogP contribution in [0.1, 0.15) is 11.6 Å². The minimum absolute atomic E-state index is 0.447. The number of methoxy groups -OCH3 is 2. The molecule has 0 aliphatic heterocycles. The minimum Gasteiger partial charge on any atom is -0.493 e. The molecule has 0 saturated carbocycles. The van der Waals surface area contributed by atoms with E-state index in [0.717, 1.165) is 11.3 Å². The van der Waals surface area contributed by atoms with Crippen molar-refractivity contribution < 1.29 is 9.47 Å². The highest BCUT2D eigenvalue weighted by Crippen LogP contribution is 2.30. The van der Waals surface area contributed by atoms with Crippen LogP contribution in [-0.4, -0.2) is 14.2 Å². The highest BCUT2D eigenvalue weighted by Gasteiger charge is 2.13. The number of hydrogen-bond donors (Lipinski definition) is 1. The first-order valence-corrected chi connectivity index (χ1v) is 6.21. The van der Waals surface area contributed by atoms with Gasteiger partial charge in [0.1, 0.15) is 6.04 Å². The van der Waals surface area contributed by atoms with Crippen molar-refractivity contribution >= 4 is 5.69 Å². The highest BCUT2D eigenvalue weighted by molar-refractivity contribution is 5.50. The van der Waals surface area contributed by atoms with E-state index < -0.39 is 6.04 Å². The zero-order valence-corrected chi connectivity index (χ0v) is 11.5. The van der Waals surface area contributed by atoms with E-state index in [9.17, 15) is 5.26 Å². The second-order valence-corrected chi connectivity index (χ2v) is 4.19. The molecule has 0 spiro atoms. The molecule has 2 aromatic carbocycles. The molecule has 4 heteroatoms. The standard InChI is InChI=1S/C16H16N2O2/c1-19-15-9-8-12(10-16(15)20-2)14(11-17)18-13-6-4-3-5-7-13/h3-10,14,18H,1-2H3/t14-/m1/s1. The molecular weight excluding hydrogens is 252 g/mol. The Morgan fingerprint density at radius 3 is 2.30 bits per heavy atom. The summed E-state index contributed by atoms with van der Waals surface area (Å²) < 4.78 is 10.5. The Morgan fingerprint density at radius 1 is 1.00 bits per heavy atom. The van der Waals surface area contributed by atoms with E-state index in [4.69, 9.17) is 9.47 Å². The van der Waals surface area contributed by atoms with Gasteiger partial charge in [0, 0.05) is 5.69 Å². The van der Waals surface area contributed by atoms with Gasteiger partial charge in [-0.2, -0.15) is 5.26 Å². The van der Waals surface area contributed by atoms with Crippen molar-refractivity contribution in [2.24, 2.45) is 0 Å². The van der Waals surface area contributed by atoms with Crippen LogP contribution in [0.15, 0.2) is 48.5 Å². The first-order chi connectivity index (χ1) is 9.78. The summed E-state index contributed by atoms with van der Waals surface area (Å²) in [6, 6.07) is 16.9. The first-order valence-electron chi connectivity index (χ1n) is 6.21. The predicted octanol–water partition coefficient (Wildman–Crippen LogP) is 3.38. The Balaban J connectivity index is 2.26. The number of rotatable bonds is 5. The summed E-state index contributed by atoms with van der Waals surface area (Å²) >= 11 is 0. The molecule has 0 fully saturated rings. The van der Waals surface area contributed by atoms with E-state index in [0.29, 0.717) is 11.5 Å². The number of nitrogens with zero attached hydrogens (tertiary/aromatic N) is 1. The van der Waals surface area contributed by atoms with Gasteiger partial charge < -0.3 is 14.8 Å². The van der Waals surface area contributed by atoms with Crippen LogP contribution in [0.4, 0.5) is 5.69 Å². The summed E-state index contributed by atoms with van der Waals surface area (Å²) in [6.45, 7) is 0. The molecule has 1 N–H and O–H groups in total. The number of para-hydroxylation sites is 1. The molecule has 20 heavy (non-hydrogen) atoms. The Morgan fingerprint density at radius 2 is 1.70 bits per heavy atom. The lowest BCUT2D eigenvalue weighted by Gasteiger charge is -2.15. The molecule has 0 unspecified atom stereocenters. The molecule has 0 heterocycles. The van der Waals surface area contributed by atoms with Crippen LogP contribution in [0.3, 0.4) is 0 Å². The van der Waals surface area contributed by atoms with Crippen molar-refractivity contribution in [2.75, 3.05) is 19.5 Å². The van der Waals surface area contributed by atoms with Gasteiger partial charge in [0.15, 0.2) is 11.5 Å². The van der Waals surface area contributed by atoms with Gasteiger partial charge in [0.25, 0.3) is 0 Å². The molecule has 0 saturated heterocycles. The smallest absolute Gasteiger partial charge is 0.161 e. The van der Waals surface area contributed by atoms with Crippen molar-refractivity contribution in [2.45, 2.75) is 6.04 Å². The maximum atomic E-state index is 9.35.